The highest BCUT2D eigenvalue weighted by molar-refractivity contribution is 7.99. The molecule has 2 aromatic carbocycles. The zero-order valence-corrected chi connectivity index (χ0v) is 10.7. The molecule has 0 aliphatic carbocycles. The number of benzene rings is 2. The van der Waals surface area contributed by atoms with E-state index in [-0.39, 0.29) is 0 Å². The van der Waals surface area contributed by atoms with Crippen molar-refractivity contribution >= 4 is 17.4 Å². The van der Waals surface area contributed by atoms with E-state index >= 15 is 0 Å². The summed E-state index contributed by atoms with van der Waals surface area (Å²) >= 11 is 0.556. The van der Waals surface area contributed by atoms with E-state index in [2.05, 4.69) is 0 Å². The van der Waals surface area contributed by atoms with Gasteiger partial charge < -0.3 is 5.73 Å². The third kappa shape index (κ3) is 3.01. The highest BCUT2D eigenvalue weighted by Gasteiger charge is 2.06. The molecule has 1 nitrogen and oxygen atoms in total. The van der Waals surface area contributed by atoms with Gasteiger partial charge in [0.25, 0.3) is 5.76 Å². The molecule has 0 spiro atoms. The number of nitrogens with two attached hydrogens (primary N) is 1. The Kier molecular flexibility index (Phi) is 3.87. The number of halogens is 2. The molecule has 0 saturated carbocycles. The number of alkyl halides is 2. The average molecular weight is 265 g/mol. The zero-order chi connectivity index (χ0) is 13.1. The minimum atomic E-state index is -2.38. The smallest absolute Gasteiger partial charge is 0.288 e. The second-order valence-electron chi connectivity index (χ2n) is 3.98. The Morgan fingerprint density at radius 2 is 1.72 bits per heavy atom. The molecular formula is C14H13F2NS. The summed E-state index contributed by atoms with van der Waals surface area (Å²) in [4.78, 5) is 0.571. The lowest BCUT2D eigenvalue weighted by molar-refractivity contribution is 0.252. The summed E-state index contributed by atoms with van der Waals surface area (Å²) in [5.41, 5.74) is 9.57. The van der Waals surface area contributed by atoms with Crippen molar-refractivity contribution in [1.82, 2.24) is 0 Å². The predicted molar refractivity (Wildman–Crippen MR) is 72.9 cm³/mol. The van der Waals surface area contributed by atoms with E-state index in [0.29, 0.717) is 16.7 Å². The van der Waals surface area contributed by atoms with Crippen LogP contribution in [0.15, 0.2) is 47.4 Å². The number of rotatable bonds is 3. The van der Waals surface area contributed by atoms with Gasteiger partial charge in [0.1, 0.15) is 0 Å². The fourth-order valence-electron chi connectivity index (χ4n) is 1.83. The van der Waals surface area contributed by atoms with Gasteiger partial charge in [0.15, 0.2) is 0 Å². The molecule has 0 unspecified atom stereocenters. The van der Waals surface area contributed by atoms with Crippen LogP contribution in [-0.4, -0.2) is 5.76 Å². The molecule has 0 fully saturated rings. The molecule has 0 aliphatic heterocycles. The summed E-state index contributed by atoms with van der Waals surface area (Å²) in [6, 6.07) is 12.8. The molecule has 0 atom stereocenters. The molecule has 0 radical (unpaired) electrons. The van der Waals surface area contributed by atoms with Gasteiger partial charge >= 0.3 is 0 Å². The Hall–Kier alpha value is -1.55. The lowest BCUT2D eigenvalue weighted by atomic mass is 10.0. The summed E-state index contributed by atoms with van der Waals surface area (Å²) in [5, 5.41) is 0. The fourth-order valence-corrected chi connectivity index (χ4v) is 2.33. The highest BCUT2D eigenvalue weighted by atomic mass is 32.2. The molecule has 0 bridgehead atoms. The van der Waals surface area contributed by atoms with Crippen LogP contribution >= 0.6 is 11.8 Å². The van der Waals surface area contributed by atoms with Crippen molar-refractivity contribution in [3.63, 3.8) is 0 Å². The Labute approximate surface area is 109 Å². The Morgan fingerprint density at radius 1 is 1.06 bits per heavy atom. The first-order chi connectivity index (χ1) is 8.56. The summed E-state index contributed by atoms with van der Waals surface area (Å²) < 4.78 is 24.4. The van der Waals surface area contributed by atoms with E-state index in [9.17, 15) is 8.78 Å². The van der Waals surface area contributed by atoms with E-state index in [1.807, 2.05) is 37.3 Å². The standard InChI is InChI=1S/C14H13F2NS/c1-9-8-11(17)4-7-13(9)10-2-5-12(6-3-10)18-14(15)16/h2-8,14H,17H2,1H3. The molecule has 0 aromatic heterocycles. The third-order valence-electron chi connectivity index (χ3n) is 2.64. The van der Waals surface area contributed by atoms with Crippen LogP contribution in [0, 0.1) is 6.92 Å². The van der Waals surface area contributed by atoms with Crippen LogP contribution < -0.4 is 5.73 Å². The quantitative estimate of drug-likeness (QED) is 0.650. The Balaban J connectivity index is 2.28. The van der Waals surface area contributed by atoms with Gasteiger partial charge in [0.2, 0.25) is 0 Å². The normalized spacial score (nSPS) is 10.9. The van der Waals surface area contributed by atoms with Gasteiger partial charge in [-0.15, -0.1) is 0 Å². The van der Waals surface area contributed by atoms with E-state index in [1.165, 1.54) is 0 Å². The van der Waals surface area contributed by atoms with Crippen molar-refractivity contribution in [2.45, 2.75) is 17.6 Å². The van der Waals surface area contributed by atoms with Crippen molar-refractivity contribution in [2.24, 2.45) is 0 Å². The van der Waals surface area contributed by atoms with Gasteiger partial charge in [-0.05, 0) is 47.9 Å². The maximum atomic E-state index is 12.2. The first-order valence-electron chi connectivity index (χ1n) is 5.47. The van der Waals surface area contributed by atoms with E-state index in [0.717, 1.165) is 22.4 Å². The molecule has 18 heavy (non-hydrogen) atoms. The monoisotopic (exact) mass is 265 g/mol. The lowest BCUT2D eigenvalue weighted by Crippen LogP contribution is -1.89. The highest BCUT2D eigenvalue weighted by Crippen LogP contribution is 2.29. The summed E-state index contributed by atoms with van der Waals surface area (Å²) in [5.74, 6) is -2.38. The molecule has 94 valence electrons. The van der Waals surface area contributed by atoms with Crippen LogP contribution in [-0.2, 0) is 0 Å². The van der Waals surface area contributed by atoms with Gasteiger partial charge in [-0.2, -0.15) is 8.78 Å². The number of hydrogen-bond donors (Lipinski definition) is 1. The van der Waals surface area contributed by atoms with Gasteiger partial charge in [-0.1, -0.05) is 30.0 Å². The van der Waals surface area contributed by atoms with Crippen molar-refractivity contribution < 1.29 is 8.78 Å². The number of aryl methyl sites for hydroxylation is 1. The van der Waals surface area contributed by atoms with E-state index in [4.69, 9.17) is 5.73 Å². The van der Waals surface area contributed by atoms with Crippen LogP contribution in [0.5, 0.6) is 0 Å². The summed E-state index contributed by atoms with van der Waals surface area (Å²) in [6.07, 6.45) is 0. The van der Waals surface area contributed by atoms with Gasteiger partial charge in [0, 0.05) is 10.6 Å². The van der Waals surface area contributed by atoms with Crippen molar-refractivity contribution in [2.75, 3.05) is 5.73 Å². The Morgan fingerprint density at radius 3 is 2.28 bits per heavy atom. The lowest BCUT2D eigenvalue weighted by Gasteiger charge is -2.08. The summed E-state index contributed by atoms with van der Waals surface area (Å²) in [6.45, 7) is 1.98. The Bertz CT molecular complexity index is 538. The molecule has 0 heterocycles. The molecule has 4 heteroatoms. The maximum absolute atomic E-state index is 12.2. The first-order valence-corrected chi connectivity index (χ1v) is 6.35. The average Bonchev–Trinajstić information content (AvgIpc) is 2.30. The van der Waals surface area contributed by atoms with Crippen molar-refractivity contribution in [1.29, 1.82) is 0 Å². The van der Waals surface area contributed by atoms with Crippen molar-refractivity contribution in [3.05, 3.63) is 48.0 Å². The topological polar surface area (TPSA) is 26.0 Å². The second-order valence-corrected chi connectivity index (χ2v) is 5.04. The number of thioether (sulfide) groups is 1. The van der Waals surface area contributed by atoms with Crippen LogP contribution in [0.2, 0.25) is 0 Å². The molecule has 0 aliphatic rings. The molecule has 0 amide bonds. The van der Waals surface area contributed by atoms with Crippen LogP contribution in [0.1, 0.15) is 5.56 Å². The maximum Gasteiger partial charge on any atom is 0.288 e. The van der Waals surface area contributed by atoms with Crippen LogP contribution in [0.3, 0.4) is 0 Å². The number of nitrogen functional groups attached to an aromatic ring is 1. The van der Waals surface area contributed by atoms with Crippen LogP contribution in [0.25, 0.3) is 11.1 Å². The number of hydrogen-bond acceptors (Lipinski definition) is 2. The second kappa shape index (κ2) is 5.40. The fraction of sp³-hybridized carbons (Fsp3) is 0.143. The predicted octanol–water partition coefficient (Wildman–Crippen LogP) is 4.56. The largest absolute Gasteiger partial charge is 0.399 e. The van der Waals surface area contributed by atoms with Crippen LogP contribution in [0.4, 0.5) is 14.5 Å². The van der Waals surface area contributed by atoms with Gasteiger partial charge in [0.05, 0.1) is 0 Å². The minimum absolute atomic E-state index is 0.556. The first kappa shape index (κ1) is 12.9. The summed E-state index contributed by atoms with van der Waals surface area (Å²) in [7, 11) is 0. The minimum Gasteiger partial charge on any atom is -0.399 e. The number of anilines is 1. The molecule has 2 rings (SSSR count). The van der Waals surface area contributed by atoms with E-state index in [1.54, 1.807) is 12.1 Å². The third-order valence-corrected chi connectivity index (χ3v) is 3.36. The van der Waals surface area contributed by atoms with Crippen molar-refractivity contribution in [3.8, 4) is 11.1 Å². The molecular weight excluding hydrogens is 252 g/mol. The SMILES string of the molecule is Cc1cc(N)ccc1-c1ccc(SC(F)F)cc1. The van der Waals surface area contributed by atoms with Gasteiger partial charge in [-0.25, -0.2) is 0 Å². The molecule has 0 saturated heterocycles. The van der Waals surface area contributed by atoms with Gasteiger partial charge in [-0.3, -0.25) is 0 Å². The zero-order valence-electron chi connectivity index (χ0n) is 9.86. The molecule has 2 aromatic rings. The molecule has 2 N–H and O–H groups in total. The van der Waals surface area contributed by atoms with E-state index < -0.39 is 5.76 Å².